The summed E-state index contributed by atoms with van der Waals surface area (Å²) in [5.74, 6) is 1.87. The van der Waals surface area contributed by atoms with Crippen LogP contribution in [0, 0.1) is 18.3 Å². The molecule has 3 nitrogen and oxygen atoms in total. The average molecular weight is 252 g/mol. The van der Waals surface area contributed by atoms with Crippen molar-refractivity contribution in [2.75, 3.05) is 12.3 Å². The standard InChI is InChI=1S/C13H20N2OS/c1-4-7-15-13(3,10-14)6-9-17-12-5-8-16-11(12)2/h5,8,15H,4,6-7,9H2,1-3H3. The van der Waals surface area contributed by atoms with Crippen molar-refractivity contribution in [2.45, 2.75) is 44.0 Å². The van der Waals surface area contributed by atoms with E-state index in [4.69, 9.17) is 4.42 Å². The number of nitriles is 1. The zero-order chi connectivity index (χ0) is 12.7. The van der Waals surface area contributed by atoms with Crippen LogP contribution in [0.2, 0.25) is 0 Å². The fraction of sp³-hybridized carbons (Fsp3) is 0.615. The molecule has 17 heavy (non-hydrogen) atoms. The third kappa shape index (κ3) is 4.45. The summed E-state index contributed by atoms with van der Waals surface area (Å²) in [6, 6.07) is 4.34. The third-order valence-corrected chi connectivity index (χ3v) is 3.83. The van der Waals surface area contributed by atoms with Gasteiger partial charge in [0.1, 0.15) is 11.3 Å². The van der Waals surface area contributed by atoms with Crippen LogP contribution < -0.4 is 5.32 Å². The van der Waals surface area contributed by atoms with Crippen LogP contribution in [0.3, 0.4) is 0 Å². The predicted molar refractivity (Wildman–Crippen MR) is 71.1 cm³/mol. The molecule has 1 aromatic rings. The number of aryl methyl sites for hydroxylation is 1. The van der Waals surface area contributed by atoms with E-state index in [0.717, 1.165) is 30.9 Å². The lowest BCUT2D eigenvalue weighted by Crippen LogP contribution is -2.41. The van der Waals surface area contributed by atoms with E-state index in [1.807, 2.05) is 19.9 Å². The van der Waals surface area contributed by atoms with Gasteiger partial charge in [-0.1, -0.05) is 6.92 Å². The van der Waals surface area contributed by atoms with Crippen molar-refractivity contribution in [3.05, 3.63) is 18.1 Å². The molecular formula is C13H20N2OS. The Labute approximate surface area is 108 Å². The molecule has 94 valence electrons. The Balaban J connectivity index is 2.38. The second kappa shape index (κ2) is 6.73. The van der Waals surface area contributed by atoms with Crippen molar-refractivity contribution in [1.82, 2.24) is 5.32 Å². The molecule has 1 unspecified atom stereocenters. The monoisotopic (exact) mass is 252 g/mol. The van der Waals surface area contributed by atoms with Crippen LogP contribution in [-0.2, 0) is 0 Å². The van der Waals surface area contributed by atoms with Gasteiger partial charge in [0.2, 0.25) is 0 Å². The number of nitrogens with one attached hydrogen (secondary N) is 1. The smallest absolute Gasteiger partial charge is 0.114 e. The lowest BCUT2D eigenvalue weighted by molar-refractivity contribution is 0.437. The van der Waals surface area contributed by atoms with Crippen molar-refractivity contribution in [1.29, 1.82) is 5.26 Å². The Morgan fingerprint density at radius 3 is 2.88 bits per heavy atom. The fourth-order valence-electron chi connectivity index (χ4n) is 1.47. The Morgan fingerprint density at radius 2 is 2.35 bits per heavy atom. The Bertz CT molecular complexity index is 383. The van der Waals surface area contributed by atoms with Crippen molar-refractivity contribution >= 4 is 11.8 Å². The minimum absolute atomic E-state index is 0.416. The molecular weight excluding hydrogens is 232 g/mol. The van der Waals surface area contributed by atoms with Gasteiger partial charge in [-0.05, 0) is 39.3 Å². The molecule has 0 aliphatic rings. The number of hydrogen-bond donors (Lipinski definition) is 1. The van der Waals surface area contributed by atoms with E-state index in [9.17, 15) is 5.26 Å². The lowest BCUT2D eigenvalue weighted by atomic mass is 10.0. The van der Waals surface area contributed by atoms with Gasteiger partial charge in [-0.3, -0.25) is 5.32 Å². The molecule has 0 saturated heterocycles. The van der Waals surface area contributed by atoms with Crippen LogP contribution in [0.1, 0.15) is 32.4 Å². The highest BCUT2D eigenvalue weighted by atomic mass is 32.2. The van der Waals surface area contributed by atoms with E-state index in [1.165, 1.54) is 4.90 Å². The second-order valence-corrected chi connectivity index (χ2v) is 5.45. The molecule has 1 heterocycles. The van der Waals surface area contributed by atoms with Gasteiger partial charge in [0, 0.05) is 10.6 Å². The first-order chi connectivity index (χ1) is 8.11. The first kappa shape index (κ1) is 14.1. The van der Waals surface area contributed by atoms with Gasteiger partial charge in [0.15, 0.2) is 0 Å². The number of thioether (sulfide) groups is 1. The summed E-state index contributed by atoms with van der Waals surface area (Å²) in [5.41, 5.74) is -0.416. The van der Waals surface area contributed by atoms with E-state index in [-0.39, 0.29) is 0 Å². The summed E-state index contributed by atoms with van der Waals surface area (Å²) >= 11 is 1.74. The second-order valence-electron chi connectivity index (χ2n) is 4.31. The van der Waals surface area contributed by atoms with Crippen LogP contribution in [0.15, 0.2) is 21.6 Å². The van der Waals surface area contributed by atoms with Gasteiger partial charge in [0.25, 0.3) is 0 Å². The minimum atomic E-state index is -0.416. The van der Waals surface area contributed by atoms with Crippen LogP contribution in [-0.4, -0.2) is 17.8 Å². The van der Waals surface area contributed by atoms with E-state index >= 15 is 0 Å². The fourth-order valence-corrected chi connectivity index (χ4v) is 2.61. The van der Waals surface area contributed by atoms with E-state index in [2.05, 4.69) is 18.3 Å². The summed E-state index contributed by atoms with van der Waals surface area (Å²) in [4.78, 5) is 1.17. The predicted octanol–water partition coefficient (Wildman–Crippen LogP) is 3.35. The van der Waals surface area contributed by atoms with Gasteiger partial charge >= 0.3 is 0 Å². The SMILES string of the molecule is CCCNC(C)(C#N)CCSc1ccoc1C. The molecule has 4 heteroatoms. The summed E-state index contributed by atoms with van der Waals surface area (Å²) in [5, 5.41) is 12.5. The van der Waals surface area contributed by atoms with Crippen LogP contribution in [0.4, 0.5) is 0 Å². The molecule has 0 saturated carbocycles. The van der Waals surface area contributed by atoms with Gasteiger partial charge in [0.05, 0.1) is 12.3 Å². The minimum Gasteiger partial charge on any atom is -0.468 e. The first-order valence-corrected chi connectivity index (χ1v) is 6.93. The molecule has 0 aromatic carbocycles. The van der Waals surface area contributed by atoms with E-state index in [0.29, 0.717) is 0 Å². The highest BCUT2D eigenvalue weighted by molar-refractivity contribution is 7.99. The number of furan rings is 1. The molecule has 1 N–H and O–H groups in total. The largest absolute Gasteiger partial charge is 0.468 e. The number of hydrogen-bond acceptors (Lipinski definition) is 4. The maximum absolute atomic E-state index is 9.18. The summed E-state index contributed by atoms with van der Waals surface area (Å²) in [7, 11) is 0. The Kier molecular flexibility index (Phi) is 5.60. The molecule has 0 spiro atoms. The molecule has 1 rings (SSSR count). The van der Waals surface area contributed by atoms with Crippen molar-refractivity contribution in [2.24, 2.45) is 0 Å². The van der Waals surface area contributed by atoms with Crippen molar-refractivity contribution in [3.8, 4) is 6.07 Å². The molecule has 0 aliphatic heterocycles. The molecule has 0 aliphatic carbocycles. The molecule has 0 fully saturated rings. The molecule has 1 aromatic heterocycles. The third-order valence-electron chi connectivity index (χ3n) is 2.68. The summed E-state index contributed by atoms with van der Waals surface area (Å²) in [6.07, 6.45) is 3.58. The molecule has 0 amide bonds. The van der Waals surface area contributed by atoms with Gasteiger partial charge in [-0.15, -0.1) is 11.8 Å². The van der Waals surface area contributed by atoms with Crippen LogP contribution in [0.25, 0.3) is 0 Å². The summed E-state index contributed by atoms with van der Waals surface area (Å²) in [6.45, 7) is 6.92. The maximum atomic E-state index is 9.18. The van der Waals surface area contributed by atoms with Crippen LogP contribution >= 0.6 is 11.8 Å². The van der Waals surface area contributed by atoms with Gasteiger partial charge in [-0.2, -0.15) is 5.26 Å². The number of rotatable bonds is 7. The normalized spacial score (nSPS) is 14.2. The van der Waals surface area contributed by atoms with Crippen molar-refractivity contribution < 1.29 is 4.42 Å². The lowest BCUT2D eigenvalue weighted by Gasteiger charge is -2.22. The Hall–Kier alpha value is -0.920. The summed E-state index contributed by atoms with van der Waals surface area (Å²) < 4.78 is 5.24. The highest BCUT2D eigenvalue weighted by Gasteiger charge is 2.22. The van der Waals surface area contributed by atoms with Crippen molar-refractivity contribution in [3.63, 3.8) is 0 Å². The molecule has 1 atom stereocenters. The zero-order valence-electron chi connectivity index (χ0n) is 10.7. The topological polar surface area (TPSA) is 49.0 Å². The molecule has 0 radical (unpaired) electrons. The van der Waals surface area contributed by atoms with Gasteiger partial charge in [-0.25, -0.2) is 0 Å². The zero-order valence-corrected chi connectivity index (χ0v) is 11.6. The van der Waals surface area contributed by atoms with Crippen LogP contribution in [0.5, 0.6) is 0 Å². The van der Waals surface area contributed by atoms with E-state index in [1.54, 1.807) is 18.0 Å². The maximum Gasteiger partial charge on any atom is 0.114 e. The highest BCUT2D eigenvalue weighted by Crippen LogP contribution is 2.25. The molecule has 0 bridgehead atoms. The first-order valence-electron chi connectivity index (χ1n) is 5.94. The Morgan fingerprint density at radius 1 is 1.59 bits per heavy atom. The van der Waals surface area contributed by atoms with Gasteiger partial charge < -0.3 is 4.42 Å². The quantitative estimate of drug-likeness (QED) is 0.756. The number of nitrogens with zero attached hydrogens (tertiary/aromatic N) is 1. The average Bonchev–Trinajstić information content (AvgIpc) is 2.73. The van der Waals surface area contributed by atoms with E-state index < -0.39 is 5.54 Å².